The number of nitro benzene ring substituents is 1. The quantitative estimate of drug-likeness (QED) is 0.499. The summed E-state index contributed by atoms with van der Waals surface area (Å²) >= 11 is 0. The van der Waals surface area contributed by atoms with E-state index in [1.54, 1.807) is 19.2 Å². The Hall–Kier alpha value is -2.82. The number of hydrogen-bond acceptors (Lipinski definition) is 4. The van der Waals surface area contributed by atoms with Crippen molar-refractivity contribution in [3.8, 4) is 5.75 Å². The number of ether oxygens (including phenoxy) is 1. The van der Waals surface area contributed by atoms with Gasteiger partial charge in [0.15, 0.2) is 0 Å². The molecule has 3 atom stereocenters. The number of benzene rings is 2. The Labute approximate surface area is 146 Å². The molecule has 2 aromatic carbocycles. The first-order valence-electron chi connectivity index (χ1n) is 8.45. The van der Waals surface area contributed by atoms with E-state index in [1.807, 2.05) is 18.2 Å². The number of rotatable bonds is 3. The van der Waals surface area contributed by atoms with Crippen LogP contribution >= 0.6 is 0 Å². The summed E-state index contributed by atoms with van der Waals surface area (Å²) in [6, 6.07) is 11.1. The molecule has 4 rings (SSSR count). The zero-order valence-electron chi connectivity index (χ0n) is 14.2. The number of nitrogens with one attached hydrogen (secondary N) is 1. The van der Waals surface area contributed by atoms with E-state index in [4.69, 9.17) is 4.74 Å². The lowest BCUT2D eigenvalue weighted by Gasteiger charge is -2.39. The lowest BCUT2D eigenvalue weighted by molar-refractivity contribution is -0.384. The van der Waals surface area contributed by atoms with Gasteiger partial charge in [0.2, 0.25) is 0 Å². The Kier molecular flexibility index (Phi) is 3.71. The molecule has 128 valence electrons. The fraction of sp³-hybridized carbons (Fsp3) is 0.300. The fourth-order valence-corrected chi connectivity index (χ4v) is 4.17. The van der Waals surface area contributed by atoms with Gasteiger partial charge in [0.1, 0.15) is 5.75 Å². The van der Waals surface area contributed by atoms with E-state index in [9.17, 15) is 10.1 Å². The van der Waals surface area contributed by atoms with Gasteiger partial charge in [-0.2, -0.15) is 0 Å². The summed E-state index contributed by atoms with van der Waals surface area (Å²) in [6.07, 6.45) is 5.52. The van der Waals surface area contributed by atoms with E-state index in [-0.39, 0.29) is 16.7 Å². The van der Waals surface area contributed by atoms with Gasteiger partial charge in [-0.25, -0.2) is 0 Å². The average molecular weight is 336 g/mol. The topological polar surface area (TPSA) is 64.4 Å². The molecule has 25 heavy (non-hydrogen) atoms. The normalized spacial score (nSPS) is 23.5. The summed E-state index contributed by atoms with van der Waals surface area (Å²) in [5, 5.41) is 14.6. The molecule has 2 aliphatic rings. The molecule has 0 amide bonds. The number of fused-ring (bicyclic) bond motifs is 3. The van der Waals surface area contributed by atoms with Crippen molar-refractivity contribution in [3.63, 3.8) is 0 Å². The maximum atomic E-state index is 10.9. The zero-order valence-corrected chi connectivity index (χ0v) is 14.2. The highest BCUT2D eigenvalue weighted by Gasteiger charge is 2.39. The van der Waals surface area contributed by atoms with Crippen molar-refractivity contribution in [3.05, 3.63) is 75.4 Å². The number of nitrogens with zero attached hydrogens (tertiary/aromatic N) is 1. The SMILES string of the molecule is COc1ccc(C)c2c1N[C@H](c1ccc([N+](=O)[O-])cc1)[C@H]1CC=C[C@@H]21. The standard InChI is InChI=1S/C20H20N2O3/c1-12-6-11-17(25-2)20-18(12)15-4-3-5-16(15)19(21-20)13-7-9-14(10-8-13)22(23)24/h3-4,6-11,15-16,19,21H,5H2,1-2H3/t15-,16+,19-/m1/s1. The van der Waals surface area contributed by atoms with Crippen LogP contribution in [0.5, 0.6) is 5.75 Å². The third-order valence-electron chi connectivity index (χ3n) is 5.38. The van der Waals surface area contributed by atoms with Crippen LogP contribution in [0.15, 0.2) is 48.6 Å². The molecule has 2 aromatic rings. The summed E-state index contributed by atoms with van der Waals surface area (Å²) in [5.41, 5.74) is 4.79. The van der Waals surface area contributed by atoms with Gasteiger partial charge in [0.25, 0.3) is 5.69 Å². The van der Waals surface area contributed by atoms with Crippen molar-refractivity contribution >= 4 is 11.4 Å². The van der Waals surface area contributed by atoms with Crippen LogP contribution in [0.4, 0.5) is 11.4 Å². The molecule has 0 saturated heterocycles. The second-order valence-electron chi connectivity index (χ2n) is 6.70. The van der Waals surface area contributed by atoms with Gasteiger partial charge in [-0.05, 0) is 42.0 Å². The molecule has 5 heteroatoms. The van der Waals surface area contributed by atoms with Crippen LogP contribution in [0.2, 0.25) is 0 Å². The van der Waals surface area contributed by atoms with Crippen LogP contribution in [0.1, 0.15) is 35.1 Å². The first kappa shape index (κ1) is 15.7. The minimum Gasteiger partial charge on any atom is -0.495 e. The van der Waals surface area contributed by atoms with E-state index < -0.39 is 0 Å². The Morgan fingerprint density at radius 2 is 1.96 bits per heavy atom. The van der Waals surface area contributed by atoms with Crippen LogP contribution in [0.3, 0.4) is 0 Å². The van der Waals surface area contributed by atoms with Crippen molar-refractivity contribution in [1.82, 2.24) is 0 Å². The highest BCUT2D eigenvalue weighted by atomic mass is 16.6. The lowest BCUT2D eigenvalue weighted by Crippen LogP contribution is -2.30. The van der Waals surface area contributed by atoms with Gasteiger partial charge in [0, 0.05) is 18.1 Å². The Balaban J connectivity index is 1.79. The monoisotopic (exact) mass is 336 g/mol. The summed E-state index contributed by atoms with van der Waals surface area (Å²) in [5.74, 6) is 1.58. The molecule has 0 bridgehead atoms. The third kappa shape index (κ3) is 2.47. The smallest absolute Gasteiger partial charge is 0.269 e. The van der Waals surface area contributed by atoms with Crippen LogP contribution < -0.4 is 10.1 Å². The number of anilines is 1. The van der Waals surface area contributed by atoms with Gasteiger partial charge < -0.3 is 10.1 Å². The third-order valence-corrected chi connectivity index (χ3v) is 5.38. The van der Waals surface area contributed by atoms with E-state index in [0.717, 1.165) is 23.4 Å². The van der Waals surface area contributed by atoms with Gasteiger partial charge >= 0.3 is 0 Å². The molecule has 0 aromatic heterocycles. The van der Waals surface area contributed by atoms with Crippen molar-refractivity contribution in [2.45, 2.75) is 25.3 Å². The minimum atomic E-state index is -0.361. The van der Waals surface area contributed by atoms with Gasteiger partial charge in [-0.15, -0.1) is 0 Å². The molecule has 0 saturated carbocycles. The average Bonchev–Trinajstić information content (AvgIpc) is 3.11. The molecular weight excluding hydrogens is 316 g/mol. The minimum absolute atomic E-state index is 0.101. The molecule has 0 fully saturated rings. The molecule has 1 aliphatic carbocycles. The zero-order chi connectivity index (χ0) is 17.6. The van der Waals surface area contributed by atoms with E-state index in [1.165, 1.54) is 11.1 Å². The lowest BCUT2D eigenvalue weighted by atomic mass is 9.75. The molecule has 0 radical (unpaired) electrons. The second-order valence-corrected chi connectivity index (χ2v) is 6.70. The number of allylic oxidation sites excluding steroid dienone is 2. The van der Waals surface area contributed by atoms with E-state index in [0.29, 0.717) is 11.8 Å². The number of hydrogen-bond donors (Lipinski definition) is 1. The van der Waals surface area contributed by atoms with E-state index >= 15 is 0 Å². The number of nitro groups is 1. The van der Waals surface area contributed by atoms with Crippen molar-refractivity contribution in [2.24, 2.45) is 5.92 Å². The van der Waals surface area contributed by atoms with Crippen LogP contribution in [-0.2, 0) is 0 Å². The molecule has 0 unspecified atom stereocenters. The van der Waals surface area contributed by atoms with Crippen molar-refractivity contribution in [1.29, 1.82) is 0 Å². The van der Waals surface area contributed by atoms with Crippen molar-refractivity contribution in [2.75, 3.05) is 12.4 Å². The number of non-ortho nitro benzene ring substituents is 1. The molecule has 0 spiro atoms. The summed E-state index contributed by atoms with van der Waals surface area (Å²) in [4.78, 5) is 10.6. The highest BCUT2D eigenvalue weighted by Crippen LogP contribution is 2.53. The highest BCUT2D eigenvalue weighted by molar-refractivity contribution is 5.69. The summed E-state index contributed by atoms with van der Waals surface area (Å²) in [6.45, 7) is 2.13. The number of methoxy groups -OCH3 is 1. The second kappa shape index (κ2) is 5.92. The molecule has 1 heterocycles. The van der Waals surface area contributed by atoms with Crippen LogP contribution in [0, 0.1) is 23.0 Å². The predicted octanol–water partition coefficient (Wildman–Crippen LogP) is 4.74. The fourth-order valence-electron chi connectivity index (χ4n) is 4.17. The maximum Gasteiger partial charge on any atom is 0.269 e. The largest absolute Gasteiger partial charge is 0.495 e. The first-order valence-corrected chi connectivity index (χ1v) is 8.45. The van der Waals surface area contributed by atoms with Crippen molar-refractivity contribution < 1.29 is 9.66 Å². The van der Waals surface area contributed by atoms with E-state index in [2.05, 4.69) is 30.5 Å². The first-order chi connectivity index (χ1) is 12.1. The Bertz CT molecular complexity index is 858. The molecule has 5 nitrogen and oxygen atoms in total. The maximum absolute atomic E-state index is 10.9. The summed E-state index contributed by atoms with van der Waals surface area (Å²) < 4.78 is 5.57. The van der Waals surface area contributed by atoms with Gasteiger partial charge in [-0.3, -0.25) is 10.1 Å². The Morgan fingerprint density at radius 1 is 1.20 bits per heavy atom. The van der Waals surface area contributed by atoms with Gasteiger partial charge in [-0.1, -0.05) is 30.4 Å². The predicted molar refractivity (Wildman–Crippen MR) is 97.2 cm³/mol. The molecular formula is C20H20N2O3. The Morgan fingerprint density at radius 3 is 2.64 bits per heavy atom. The number of aryl methyl sites for hydroxylation is 1. The van der Waals surface area contributed by atoms with Crippen LogP contribution in [-0.4, -0.2) is 12.0 Å². The summed E-state index contributed by atoms with van der Waals surface area (Å²) in [7, 11) is 1.68. The van der Waals surface area contributed by atoms with Gasteiger partial charge in [0.05, 0.1) is 23.8 Å². The molecule has 1 aliphatic heterocycles. The van der Waals surface area contributed by atoms with Crippen LogP contribution in [0.25, 0.3) is 0 Å². The molecule has 1 N–H and O–H groups in total.